The number of amides is 1. The van der Waals surface area contributed by atoms with Crippen LogP contribution in [0.5, 0.6) is 5.75 Å². The van der Waals surface area contributed by atoms with Gasteiger partial charge in [-0.15, -0.1) is 0 Å². The number of aromatic nitrogens is 2. The summed E-state index contributed by atoms with van der Waals surface area (Å²) in [5, 5.41) is 0. The standard InChI is InChI=1S/C19H20N4O3/c1-25-15-5-2-4-14(12-15)13-17(24)22-8-10-23(11-9-22)19-21-18-16(26-19)6-3-7-20-18/h2-7,12H,8-11,13H2,1H3. The molecule has 1 saturated heterocycles. The minimum atomic E-state index is 0.122. The lowest BCUT2D eigenvalue weighted by Gasteiger charge is -2.33. The molecule has 0 saturated carbocycles. The van der Waals surface area contributed by atoms with Crippen LogP contribution in [0.25, 0.3) is 11.2 Å². The van der Waals surface area contributed by atoms with Crippen LogP contribution in [0.15, 0.2) is 47.0 Å². The van der Waals surface area contributed by atoms with E-state index in [2.05, 4.69) is 14.9 Å². The summed E-state index contributed by atoms with van der Waals surface area (Å²) < 4.78 is 11.0. The molecule has 1 aliphatic heterocycles. The van der Waals surface area contributed by atoms with Gasteiger partial charge in [-0.1, -0.05) is 12.1 Å². The third-order valence-corrected chi connectivity index (χ3v) is 4.55. The van der Waals surface area contributed by atoms with Crippen molar-refractivity contribution in [1.82, 2.24) is 14.9 Å². The second-order valence-electron chi connectivity index (χ2n) is 6.22. The average Bonchev–Trinajstić information content (AvgIpc) is 3.12. The fraction of sp³-hybridized carbons (Fsp3) is 0.316. The molecule has 0 atom stereocenters. The van der Waals surface area contributed by atoms with Crippen LogP contribution in [-0.2, 0) is 11.2 Å². The summed E-state index contributed by atoms with van der Waals surface area (Å²) in [5.41, 5.74) is 2.25. The molecule has 7 heteroatoms. The van der Waals surface area contributed by atoms with E-state index in [9.17, 15) is 4.79 Å². The van der Waals surface area contributed by atoms with Crippen molar-refractivity contribution in [2.45, 2.75) is 6.42 Å². The molecule has 2 aromatic heterocycles. The number of anilines is 1. The summed E-state index contributed by atoms with van der Waals surface area (Å²) in [6.07, 6.45) is 2.08. The molecule has 0 aliphatic carbocycles. The van der Waals surface area contributed by atoms with Gasteiger partial charge < -0.3 is 19.0 Å². The molecule has 1 fully saturated rings. The van der Waals surface area contributed by atoms with E-state index in [1.807, 2.05) is 41.3 Å². The fourth-order valence-electron chi connectivity index (χ4n) is 3.11. The number of nitrogens with zero attached hydrogens (tertiary/aromatic N) is 4. The number of hydrogen-bond donors (Lipinski definition) is 0. The number of fused-ring (bicyclic) bond motifs is 1. The highest BCUT2D eigenvalue weighted by atomic mass is 16.5. The van der Waals surface area contributed by atoms with E-state index < -0.39 is 0 Å². The van der Waals surface area contributed by atoms with Gasteiger partial charge in [0, 0.05) is 32.4 Å². The maximum atomic E-state index is 12.6. The van der Waals surface area contributed by atoms with E-state index >= 15 is 0 Å². The lowest BCUT2D eigenvalue weighted by Crippen LogP contribution is -2.49. The number of carbonyl (C=O) groups is 1. The van der Waals surface area contributed by atoms with Gasteiger partial charge in [0.2, 0.25) is 11.6 Å². The van der Waals surface area contributed by atoms with Crippen molar-refractivity contribution in [2.24, 2.45) is 0 Å². The summed E-state index contributed by atoms with van der Waals surface area (Å²) in [5.74, 6) is 0.891. The van der Waals surface area contributed by atoms with Gasteiger partial charge in [0.1, 0.15) is 5.75 Å². The lowest BCUT2D eigenvalue weighted by atomic mass is 10.1. The Hall–Kier alpha value is -3.09. The summed E-state index contributed by atoms with van der Waals surface area (Å²) in [4.78, 5) is 25.1. The van der Waals surface area contributed by atoms with Crippen LogP contribution < -0.4 is 9.64 Å². The molecular formula is C19H20N4O3. The number of oxazole rings is 1. The Kier molecular flexibility index (Phi) is 4.43. The van der Waals surface area contributed by atoms with Crippen molar-refractivity contribution in [3.63, 3.8) is 0 Å². The van der Waals surface area contributed by atoms with Crippen molar-refractivity contribution >= 4 is 23.2 Å². The van der Waals surface area contributed by atoms with Gasteiger partial charge >= 0.3 is 0 Å². The minimum absolute atomic E-state index is 0.122. The van der Waals surface area contributed by atoms with Gasteiger partial charge in [-0.2, -0.15) is 4.98 Å². The summed E-state index contributed by atoms with van der Waals surface area (Å²) >= 11 is 0. The van der Waals surface area contributed by atoms with Crippen LogP contribution >= 0.6 is 0 Å². The Morgan fingerprint density at radius 2 is 2.04 bits per heavy atom. The molecule has 7 nitrogen and oxygen atoms in total. The van der Waals surface area contributed by atoms with E-state index in [1.165, 1.54) is 0 Å². The van der Waals surface area contributed by atoms with Crippen molar-refractivity contribution in [1.29, 1.82) is 0 Å². The molecular weight excluding hydrogens is 332 g/mol. The predicted octanol–water partition coefficient (Wildman–Crippen LogP) is 2.12. The fourth-order valence-corrected chi connectivity index (χ4v) is 3.11. The van der Waals surface area contributed by atoms with E-state index in [0.717, 1.165) is 11.3 Å². The van der Waals surface area contributed by atoms with Crippen LogP contribution in [0, 0.1) is 0 Å². The minimum Gasteiger partial charge on any atom is -0.497 e. The highest BCUT2D eigenvalue weighted by Crippen LogP contribution is 2.21. The molecule has 3 aromatic rings. The second-order valence-corrected chi connectivity index (χ2v) is 6.22. The zero-order chi connectivity index (χ0) is 17.9. The zero-order valence-electron chi connectivity index (χ0n) is 14.6. The molecule has 1 amide bonds. The van der Waals surface area contributed by atoms with Crippen molar-refractivity contribution in [2.75, 3.05) is 38.2 Å². The highest BCUT2D eigenvalue weighted by Gasteiger charge is 2.24. The number of hydrogen-bond acceptors (Lipinski definition) is 6. The molecule has 4 rings (SSSR count). The number of pyridine rings is 1. The normalized spacial score (nSPS) is 14.7. The molecule has 134 valence electrons. The molecule has 3 heterocycles. The number of carbonyl (C=O) groups excluding carboxylic acids is 1. The van der Waals surface area contributed by atoms with Crippen molar-refractivity contribution in [3.05, 3.63) is 48.2 Å². The molecule has 0 radical (unpaired) electrons. The number of ether oxygens (including phenoxy) is 1. The topological polar surface area (TPSA) is 71.7 Å². The number of rotatable bonds is 4. The van der Waals surface area contributed by atoms with Crippen molar-refractivity contribution < 1.29 is 13.9 Å². The number of benzene rings is 1. The Labute approximate surface area is 151 Å². The smallest absolute Gasteiger partial charge is 0.300 e. The third kappa shape index (κ3) is 3.33. The summed E-state index contributed by atoms with van der Waals surface area (Å²) in [7, 11) is 1.63. The first-order valence-electron chi connectivity index (χ1n) is 8.60. The highest BCUT2D eigenvalue weighted by molar-refractivity contribution is 5.79. The lowest BCUT2D eigenvalue weighted by molar-refractivity contribution is -0.130. The van der Waals surface area contributed by atoms with Gasteiger partial charge in [-0.25, -0.2) is 4.98 Å². The first-order valence-corrected chi connectivity index (χ1v) is 8.60. The predicted molar refractivity (Wildman–Crippen MR) is 97.3 cm³/mol. The van der Waals surface area contributed by atoms with Gasteiger partial charge in [-0.3, -0.25) is 4.79 Å². The van der Waals surface area contributed by atoms with Gasteiger partial charge in [0.25, 0.3) is 6.01 Å². The first kappa shape index (κ1) is 16.4. The average molecular weight is 352 g/mol. The van der Waals surface area contributed by atoms with E-state index in [1.54, 1.807) is 13.3 Å². The Morgan fingerprint density at radius 3 is 2.81 bits per heavy atom. The van der Waals surface area contributed by atoms with Gasteiger partial charge in [0.15, 0.2) is 5.58 Å². The summed E-state index contributed by atoms with van der Waals surface area (Å²) in [6, 6.07) is 11.9. The third-order valence-electron chi connectivity index (χ3n) is 4.55. The van der Waals surface area contributed by atoms with E-state index in [4.69, 9.17) is 9.15 Å². The molecule has 1 aromatic carbocycles. The Balaban J connectivity index is 1.37. The Bertz CT molecular complexity index is 883. The SMILES string of the molecule is COc1cccc(CC(=O)N2CCN(c3nc4ncccc4o3)CC2)c1. The zero-order valence-corrected chi connectivity index (χ0v) is 14.6. The first-order chi connectivity index (χ1) is 12.7. The van der Waals surface area contributed by atoms with Crippen molar-refractivity contribution in [3.8, 4) is 5.75 Å². The van der Waals surface area contributed by atoms with Crippen LogP contribution in [0.1, 0.15) is 5.56 Å². The van der Waals surface area contributed by atoms with E-state index in [-0.39, 0.29) is 5.91 Å². The molecule has 0 spiro atoms. The molecule has 26 heavy (non-hydrogen) atoms. The van der Waals surface area contributed by atoms with Gasteiger partial charge in [-0.05, 0) is 29.8 Å². The van der Waals surface area contributed by atoms with Gasteiger partial charge in [0.05, 0.1) is 13.5 Å². The Morgan fingerprint density at radius 1 is 1.19 bits per heavy atom. The molecule has 0 N–H and O–H groups in total. The molecule has 1 aliphatic rings. The number of methoxy groups -OCH3 is 1. The van der Waals surface area contributed by atoms with E-state index in [0.29, 0.717) is 49.8 Å². The van der Waals surface area contributed by atoms with Crippen LogP contribution in [0.4, 0.5) is 6.01 Å². The molecule has 0 bridgehead atoms. The largest absolute Gasteiger partial charge is 0.497 e. The van der Waals surface area contributed by atoms with Crippen LogP contribution in [0.2, 0.25) is 0 Å². The second kappa shape index (κ2) is 7.03. The monoisotopic (exact) mass is 352 g/mol. The maximum Gasteiger partial charge on any atom is 0.300 e. The number of piperazine rings is 1. The quantitative estimate of drug-likeness (QED) is 0.716. The van der Waals surface area contributed by atoms with Crippen LogP contribution in [0.3, 0.4) is 0 Å². The molecule has 0 unspecified atom stereocenters. The van der Waals surface area contributed by atoms with Crippen LogP contribution in [-0.4, -0.2) is 54.1 Å². The summed E-state index contributed by atoms with van der Waals surface area (Å²) in [6.45, 7) is 2.68. The maximum absolute atomic E-state index is 12.6.